The highest BCUT2D eigenvalue weighted by Gasteiger charge is 2.31. The summed E-state index contributed by atoms with van der Waals surface area (Å²) >= 11 is 1.79. The number of hydrogen-bond donors (Lipinski definition) is 1. The molecule has 0 aromatic heterocycles. The maximum atomic E-state index is 13.6. The van der Waals surface area contributed by atoms with Gasteiger partial charge in [-0.25, -0.2) is 4.39 Å². The van der Waals surface area contributed by atoms with Crippen LogP contribution in [0.25, 0.3) is 0 Å². The summed E-state index contributed by atoms with van der Waals surface area (Å²) in [6.45, 7) is 0. The fraction of sp³-hybridized carbons (Fsp3) is 0.278. The van der Waals surface area contributed by atoms with E-state index in [2.05, 4.69) is 5.32 Å². The number of ketones is 1. The Morgan fingerprint density at radius 3 is 2.68 bits per heavy atom. The summed E-state index contributed by atoms with van der Waals surface area (Å²) in [5, 5.41) is 3.42. The molecule has 114 valence electrons. The average molecular weight is 315 g/mol. The van der Waals surface area contributed by atoms with Crippen molar-refractivity contribution in [1.29, 1.82) is 0 Å². The number of para-hydroxylation sites is 1. The summed E-state index contributed by atoms with van der Waals surface area (Å²) in [7, 11) is 0. The first-order valence-corrected chi connectivity index (χ1v) is 8.57. The van der Waals surface area contributed by atoms with Gasteiger partial charge in [-0.3, -0.25) is 4.79 Å². The maximum absolute atomic E-state index is 13.6. The van der Waals surface area contributed by atoms with Gasteiger partial charge in [-0.05, 0) is 29.8 Å². The first kappa shape index (κ1) is 15.1. The van der Waals surface area contributed by atoms with Crippen molar-refractivity contribution < 1.29 is 9.18 Å². The van der Waals surface area contributed by atoms with Crippen molar-refractivity contribution in [3.63, 3.8) is 0 Å². The molecule has 4 heteroatoms. The number of nitrogens with one attached hydrogen (secondary N) is 1. The number of benzene rings is 2. The molecule has 2 nitrogen and oxygen atoms in total. The standard InChI is InChI=1S/C18H18FNOS/c19-14-6-4-5-13(11-14)18(16-12-22-10-9-17(16)21)20-15-7-2-1-3-8-15/h1-8,11,16,18,20H,9-10,12H2. The van der Waals surface area contributed by atoms with Crippen LogP contribution in [0.1, 0.15) is 18.0 Å². The van der Waals surface area contributed by atoms with E-state index < -0.39 is 0 Å². The maximum Gasteiger partial charge on any atom is 0.140 e. The van der Waals surface area contributed by atoms with Gasteiger partial charge < -0.3 is 5.32 Å². The highest BCUT2D eigenvalue weighted by atomic mass is 32.2. The molecule has 1 saturated heterocycles. The van der Waals surface area contributed by atoms with Crippen molar-refractivity contribution in [1.82, 2.24) is 0 Å². The third-order valence-corrected chi connectivity index (χ3v) is 5.00. The summed E-state index contributed by atoms with van der Waals surface area (Å²) in [4.78, 5) is 12.3. The molecule has 1 aliphatic heterocycles. The van der Waals surface area contributed by atoms with Gasteiger partial charge in [0.15, 0.2) is 0 Å². The topological polar surface area (TPSA) is 29.1 Å². The summed E-state index contributed by atoms with van der Waals surface area (Å²) in [5.74, 6) is 1.53. The Kier molecular flexibility index (Phi) is 4.78. The van der Waals surface area contributed by atoms with Gasteiger partial charge in [0.25, 0.3) is 0 Å². The van der Waals surface area contributed by atoms with E-state index in [4.69, 9.17) is 0 Å². The van der Waals surface area contributed by atoms with Gasteiger partial charge in [0, 0.05) is 23.6 Å². The normalized spacial score (nSPS) is 19.7. The number of anilines is 1. The van der Waals surface area contributed by atoms with Gasteiger partial charge in [0.05, 0.1) is 12.0 Å². The zero-order chi connectivity index (χ0) is 15.4. The van der Waals surface area contributed by atoms with Crippen LogP contribution >= 0.6 is 11.8 Å². The molecule has 0 radical (unpaired) electrons. The number of rotatable bonds is 4. The van der Waals surface area contributed by atoms with Gasteiger partial charge >= 0.3 is 0 Å². The highest BCUT2D eigenvalue weighted by molar-refractivity contribution is 7.99. The Morgan fingerprint density at radius 1 is 1.14 bits per heavy atom. The molecule has 1 fully saturated rings. The Hall–Kier alpha value is -1.81. The van der Waals surface area contributed by atoms with Gasteiger partial charge in [-0.2, -0.15) is 11.8 Å². The Labute approximate surface area is 134 Å². The lowest BCUT2D eigenvalue weighted by Gasteiger charge is -2.30. The van der Waals surface area contributed by atoms with E-state index in [-0.39, 0.29) is 23.6 Å². The van der Waals surface area contributed by atoms with E-state index in [9.17, 15) is 9.18 Å². The van der Waals surface area contributed by atoms with E-state index >= 15 is 0 Å². The first-order chi connectivity index (χ1) is 10.7. The summed E-state index contributed by atoms with van der Waals surface area (Å²) < 4.78 is 13.6. The van der Waals surface area contributed by atoms with Crippen LogP contribution < -0.4 is 5.32 Å². The van der Waals surface area contributed by atoms with Crippen LogP contribution in [0.15, 0.2) is 54.6 Å². The van der Waals surface area contributed by atoms with Crippen LogP contribution in [0.5, 0.6) is 0 Å². The molecule has 3 rings (SSSR count). The molecular weight excluding hydrogens is 297 g/mol. The van der Waals surface area contributed by atoms with Crippen molar-refractivity contribution in [3.8, 4) is 0 Å². The lowest BCUT2D eigenvalue weighted by molar-refractivity contribution is -0.122. The molecule has 22 heavy (non-hydrogen) atoms. The quantitative estimate of drug-likeness (QED) is 0.912. The molecule has 0 amide bonds. The molecule has 0 bridgehead atoms. The lowest BCUT2D eigenvalue weighted by Crippen LogP contribution is -2.32. The predicted octanol–water partition coefficient (Wildman–Crippen LogP) is 4.30. The molecule has 1 aliphatic rings. The van der Waals surface area contributed by atoms with Crippen molar-refractivity contribution in [3.05, 3.63) is 66.0 Å². The second-order valence-electron chi connectivity index (χ2n) is 5.44. The monoisotopic (exact) mass is 315 g/mol. The molecule has 0 aliphatic carbocycles. The Balaban J connectivity index is 1.92. The molecule has 0 spiro atoms. The van der Waals surface area contributed by atoms with E-state index in [0.717, 1.165) is 22.8 Å². The molecule has 2 aromatic rings. The molecule has 2 aromatic carbocycles. The minimum absolute atomic E-state index is 0.124. The first-order valence-electron chi connectivity index (χ1n) is 7.41. The lowest BCUT2D eigenvalue weighted by atomic mass is 9.89. The highest BCUT2D eigenvalue weighted by Crippen LogP contribution is 2.34. The van der Waals surface area contributed by atoms with Gasteiger partial charge in [-0.15, -0.1) is 0 Å². The third kappa shape index (κ3) is 3.50. The van der Waals surface area contributed by atoms with Crippen LogP contribution in [0, 0.1) is 11.7 Å². The van der Waals surface area contributed by atoms with Gasteiger partial charge in [-0.1, -0.05) is 30.3 Å². The SMILES string of the molecule is O=C1CCSCC1C(Nc1ccccc1)c1cccc(F)c1. The minimum atomic E-state index is -0.270. The molecule has 1 N–H and O–H groups in total. The summed E-state index contributed by atoms with van der Waals surface area (Å²) in [5.41, 5.74) is 1.77. The average Bonchev–Trinajstić information content (AvgIpc) is 2.54. The smallest absolute Gasteiger partial charge is 0.140 e. The van der Waals surface area contributed by atoms with Crippen LogP contribution in [0.4, 0.5) is 10.1 Å². The fourth-order valence-electron chi connectivity index (χ4n) is 2.77. The van der Waals surface area contributed by atoms with Crippen molar-refractivity contribution in [2.75, 3.05) is 16.8 Å². The molecule has 1 heterocycles. The number of halogens is 1. The third-order valence-electron chi connectivity index (χ3n) is 3.91. The number of thioether (sulfide) groups is 1. The van der Waals surface area contributed by atoms with Crippen LogP contribution in [-0.4, -0.2) is 17.3 Å². The van der Waals surface area contributed by atoms with Crippen LogP contribution in [0.2, 0.25) is 0 Å². The number of carbonyl (C=O) groups is 1. The van der Waals surface area contributed by atoms with Crippen molar-refractivity contribution in [2.24, 2.45) is 5.92 Å². The molecule has 2 unspecified atom stereocenters. The van der Waals surface area contributed by atoms with E-state index in [1.807, 2.05) is 36.4 Å². The molecular formula is C18H18FNOS. The van der Waals surface area contributed by atoms with E-state index in [1.165, 1.54) is 12.1 Å². The second kappa shape index (κ2) is 6.97. The Morgan fingerprint density at radius 2 is 1.95 bits per heavy atom. The number of carbonyl (C=O) groups excluding carboxylic acids is 1. The van der Waals surface area contributed by atoms with Crippen LogP contribution in [-0.2, 0) is 4.79 Å². The fourth-order valence-corrected chi connectivity index (χ4v) is 3.92. The van der Waals surface area contributed by atoms with Gasteiger partial charge in [0.2, 0.25) is 0 Å². The number of hydrogen-bond acceptors (Lipinski definition) is 3. The van der Waals surface area contributed by atoms with Crippen molar-refractivity contribution >= 4 is 23.2 Å². The largest absolute Gasteiger partial charge is 0.377 e. The van der Waals surface area contributed by atoms with Gasteiger partial charge in [0.1, 0.15) is 11.6 Å². The van der Waals surface area contributed by atoms with Crippen LogP contribution in [0.3, 0.4) is 0 Å². The summed E-state index contributed by atoms with van der Waals surface area (Å²) in [6.07, 6.45) is 0.595. The zero-order valence-electron chi connectivity index (χ0n) is 12.2. The predicted molar refractivity (Wildman–Crippen MR) is 89.6 cm³/mol. The minimum Gasteiger partial charge on any atom is -0.377 e. The molecule has 0 saturated carbocycles. The number of Topliss-reactive ketones (excluding diaryl/α,β-unsaturated/α-hetero) is 1. The summed E-state index contributed by atoms with van der Waals surface area (Å²) in [6, 6.07) is 16.1. The zero-order valence-corrected chi connectivity index (χ0v) is 13.0. The van der Waals surface area contributed by atoms with E-state index in [0.29, 0.717) is 6.42 Å². The van der Waals surface area contributed by atoms with E-state index in [1.54, 1.807) is 17.8 Å². The second-order valence-corrected chi connectivity index (χ2v) is 6.59. The Bertz CT molecular complexity index is 647. The molecule has 2 atom stereocenters. The van der Waals surface area contributed by atoms with Crippen molar-refractivity contribution in [2.45, 2.75) is 12.5 Å².